The third-order valence-electron chi connectivity index (χ3n) is 3.77. The summed E-state index contributed by atoms with van der Waals surface area (Å²) in [6, 6.07) is 2.55. The van der Waals surface area contributed by atoms with Gasteiger partial charge in [0.15, 0.2) is 0 Å². The van der Waals surface area contributed by atoms with E-state index in [0.717, 1.165) is 43.7 Å². The van der Waals surface area contributed by atoms with Gasteiger partial charge in [-0.2, -0.15) is 17.0 Å². The summed E-state index contributed by atoms with van der Waals surface area (Å²) in [5, 5.41) is 21.7. The summed E-state index contributed by atoms with van der Waals surface area (Å²) in [5.74, 6) is 2.66. The second-order valence-corrected chi connectivity index (χ2v) is 6.30. The van der Waals surface area contributed by atoms with Crippen molar-refractivity contribution in [1.29, 1.82) is 5.26 Å². The summed E-state index contributed by atoms with van der Waals surface area (Å²) < 4.78 is 0. The first kappa shape index (κ1) is 15.8. The predicted octanol–water partition coefficient (Wildman–Crippen LogP) is 2.55. The number of aliphatic hydroxyl groups excluding tert-OH is 1. The molecule has 0 amide bonds. The number of nitriles is 1. The fourth-order valence-electron chi connectivity index (χ4n) is 2.73. The molecule has 1 saturated carbocycles. The largest absolute Gasteiger partial charge is 0.396 e. The van der Waals surface area contributed by atoms with Crippen molar-refractivity contribution in [2.24, 2.45) is 5.92 Å². The second kappa shape index (κ2) is 8.79. The Morgan fingerprint density at radius 1 is 1.50 bits per heavy atom. The van der Waals surface area contributed by atoms with Gasteiger partial charge in [0, 0.05) is 6.61 Å². The Kier molecular flexibility index (Phi) is 7.73. The van der Waals surface area contributed by atoms with Crippen LogP contribution in [0.15, 0.2) is 0 Å². The molecule has 4 heteroatoms. The van der Waals surface area contributed by atoms with Crippen molar-refractivity contribution in [3.63, 3.8) is 0 Å². The fraction of sp³-hybridized carbons (Fsp3) is 0.929. The summed E-state index contributed by atoms with van der Waals surface area (Å²) in [7, 11) is 0. The van der Waals surface area contributed by atoms with Crippen LogP contribution in [0, 0.1) is 17.2 Å². The van der Waals surface area contributed by atoms with E-state index in [1.165, 1.54) is 12.8 Å². The Labute approximate surface area is 115 Å². The van der Waals surface area contributed by atoms with Crippen LogP contribution < -0.4 is 5.32 Å². The first-order valence-electron chi connectivity index (χ1n) is 7.14. The van der Waals surface area contributed by atoms with E-state index in [1.54, 1.807) is 0 Å². The first-order valence-corrected chi connectivity index (χ1v) is 8.29. The van der Waals surface area contributed by atoms with Crippen LogP contribution in [0.5, 0.6) is 0 Å². The number of hydrogen-bond donors (Lipinski definition) is 2. The molecule has 0 radical (unpaired) electrons. The lowest BCUT2D eigenvalue weighted by molar-refractivity contribution is 0.296. The van der Waals surface area contributed by atoms with E-state index >= 15 is 0 Å². The number of rotatable bonds is 9. The lowest BCUT2D eigenvalue weighted by Gasteiger charge is -2.30. The van der Waals surface area contributed by atoms with Gasteiger partial charge in [-0.1, -0.05) is 13.3 Å². The monoisotopic (exact) mass is 270 g/mol. The predicted molar refractivity (Wildman–Crippen MR) is 77.6 cm³/mol. The van der Waals surface area contributed by atoms with Crippen molar-refractivity contribution in [3.05, 3.63) is 0 Å². The van der Waals surface area contributed by atoms with Gasteiger partial charge >= 0.3 is 0 Å². The third-order valence-corrected chi connectivity index (χ3v) is 4.87. The van der Waals surface area contributed by atoms with E-state index < -0.39 is 0 Å². The molecule has 104 valence electrons. The Bertz CT molecular complexity index is 267. The molecule has 2 N–H and O–H groups in total. The van der Waals surface area contributed by atoms with Gasteiger partial charge in [0.2, 0.25) is 0 Å². The third kappa shape index (κ3) is 4.46. The molecule has 0 aromatic heterocycles. The molecular weight excluding hydrogens is 244 g/mol. The van der Waals surface area contributed by atoms with Crippen LogP contribution in [0.4, 0.5) is 0 Å². The number of nitrogens with zero attached hydrogens (tertiary/aromatic N) is 1. The minimum absolute atomic E-state index is 0.256. The molecule has 0 aromatic carbocycles. The van der Waals surface area contributed by atoms with E-state index in [1.807, 2.05) is 11.8 Å². The minimum Gasteiger partial charge on any atom is -0.396 e. The highest BCUT2D eigenvalue weighted by molar-refractivity contribution is 7.99. The molecule has 2 atom stereocenters. The lowest BCUT2D eigenvalue weighted by atomic mass is 9.86. The van der Waals surface area contributed by atoms with Crippen LogP contribution in [0.2, 0.25) is 0 Å². The van der Waals surface area contributed by atoms with Crippen LogP contribution in [0.25, 0.3) is 0 Å². The van der Waals surface area contributed by atoms with Crippen molar-refractivity contribution in [2.75, 3.05) is 24.7 Å². The summed E-state index contributed by atoms with van der Waals surface area (Å²) >= 11 is 1.90. The van der Waals surface area contributed by atoms with Crippen molar-refractivity contribution in [1.82, 2.24) is 5.32 Å². The average molecular weight is 270 g/mol. The Hall–Kier alpha value is -0.240. The van der Waals surface area contributed by atoms with E-state index in [0.29, 0.717) is 5.92 Å². The van der Waals surface area contributed by atoms with Crippen molar-refractivity contribution in [2.45, 2.75) is 51.0 Å². The summed E-state index contributed by atoms with van der Waals surface area (Å²) in [6.45, 7) is 3.38. The molecule has 0 aromatic rings. The SMILES string of the molecule is CCCNC1(C#N)CCCC1CCSCCCO. The normalized spacial score (nSPS) is 27.3. The summed E-state index contributed by atoms with van der Waals surface area (Å²) in [5.41, 5.74) is -0.256. The van der Waals surface area contributed by atoms with Crippen LogP contribution in [-0.4, -0.2) is 35.3 Å². The highest BCUT2D eigenvalue weighted by atomic mass is 32.2. The molecule has 3 nitrogen and oxygen atoms in total. The van der Waals surface area contributed by atoms with Crippen LogP contribution in [0.3, 0.4) is 0 Å². The van der Waals surface area contributed by atoms with Crippen molar-refractivity contribution in [3.8, 4) is 6.07 Å². The van der Waals surface area contributed by atoms with E-state index in [4.69, 9.17) is 5.11 Å². The molecule has 0 saturated heterocycles. The Morgan fingerprint density at radius 3 is 3.00 bits per heavy atom. The van der Waals surface area contributed by atoms with Crippen molar-refractivity contribution < 1.29 is 5.11 Å². The van der Waals surface area contributed by atoms with E-state index in [9.17, 15) is 5.26 Å². The molecule has 1 aliphatic carbocycles. The highest BCUT2D eigenvalue weighted by Gasteiger charge is 2.42. The lowest BCUT2D eigenvalue weighted by Crippen LogP contribution is -2.47. The maximum Gasteiger partial charge on any atom is 0.109 e. The standard InChI is InChI=1S/C14H26N2OS/c1-2-8-16-14(12-15)7-3-5-13(14)6-11-18-10-4-9-17/h13,16-17H,2-11H2,1H3. The smallest absolute Gasteiger partial charge is 0.109 e. The molecule has 1 aliphatic rings. The van der Waals surface area contributed by atoms with Gasteiger partial charge in [-0.3, -0.25) is 5.32 Å². The summed E-state index contributed by atoms with van der Waals surface area (Å²) in [6.07, 6.45) is 6.46. The van der Waals surface area contributed by atoms with Crippen LogP contribution in [-0.2, 0) is 0 Å². The van der Waals surface area contributed by atoms with Crippen LogP contribution in [0.1, 0.15) is 45.4 Å². The van der Waals surface area contributed by atoms with E-state index in [2.05, 4.69) is 18.3 Å². The Morgan fingerprint density at radius 2 is 2.33 bits per heavy atom. The van der Waals surface area contributed by atoms with Crippen LogP contribution >= 0.6 is 11.8 Å². The minimum atomic E-state index is -0.256. The first-order chi connectivity index (χ1) is 8.79. The molecule has 0 spiro atoms. The van der Waals surface area contributed by atoms with Gasteiger partial charge in [-0.15, -0.1) is 0 Å². The van der Waals surface area contributed by atoms with Crippen molar-refractivity contribution >= 4 is 11.8 Å². The topological polar surface area (TPSA) is 56.0 Å². The Balaban J connectivity index is 2.35. The molecular formula is C14H26N2OS. The molecule has 18 heavy (non-hydrogen) atoms. The zero-order valence-electron chi connectivity index (χ0n) is 11.5. The molecule has 2 unspecified atom stereocenters. The zero-order valence-corrected chi connectivity index (χ0v) is 12.3. The highest BCUT2D eigenvalue weighted by Crippen LogP contribution is 2.38. The zero-order chi connectivity index (χ0) is 13.3. The summed E-state index contributed by atoms with van der Waals surface area (Å²) in [4.78, 5) is 0. The van der Waals surface area contributed by atoms with Gasteiger partial charge in [0.25, 0.3) is 0 Å². The molecule has 0 heterocycles. The second-order valence-electron chi connectivity index (χ2n) is 5.08. The number of aliphatic hydroxyl groups is 1. The molecule has 0 bridgehead atoms. The molecule has 0 aliphatic heterocycles. The van der Waals surface area contributed by atoms with Gasteiger partial charge in [-0.25, -0.2) is 0 Å². The van der Waals surface area contributed by atoms with Gasteiger partial charge in [-0.05, 0) is 56.1 Å². The average Bonchev–Trinajstić information content (AvgIpc) is 2.80. The van der Waals surface area contributed by atoms with E-state index in [-0.39, 0.29) is 12.1 Å². The number of thioether (sulfide) groups is 1. The fourth-order valence-corrected chi connectivity index (χ4v) is 3.72. The van der Waals surface area contributed by atoms with Gasteiger partial charge in [0.1, 0.15) is 5.54 Å². The maximum absolute atomic E-state index is 9.50. The molecule has 1 rings (SSSR count). The maximum atomic E-state index is 9.50. The number of hydrogen-bond acceptors (Lipinski definition) is 4. The quantitative estimate of drug-likeness (QED) is 0.632. The van der Waals surface area contributed by atoms with Gasteiger partial charge < -0.3 is 5.11 Å². The van der Waals surface area contributed by atoms with Gasteiger partial charge in [0.05, 0.1) is 6.07 Å². The molecule has 1 fully saturated rings. The number of nitrogens with one attached hydrogen (secondary N) is 1.